The van der Waals surface area contributed by atoms with Gasteiger partial charge in [-0.05, 0) is 36.6 Å². The maximum absolute atomic E-state index is 13.1. The van der Waals surface area contributed by atoms with Crippen molar-refractivity contribution in [2.45, 2.75) is 45.6 Å². The average Bonchev–Trinajstić information content (AvgIpc) is 2.31. The van der Waals surface area contributed by atoms with Crippen LogP contribution in [0, 0.1) is 5.82 Å². The summed E-state index contributed by atoms with van der Waals surface area (Å²) in [4.78, 5) is 0. The van der Waals surface area contributed by atoms with Crippen molar-refractivity contribution in [1.82, 2.24) is 5.32 Å². The zero-order valence-corrected chi connectivity index (χ0v) is 11.5. The van der Waals surface area contributed by atoms with Crippen molar-refractivity contribution < 1.29 is 4.39 Å². The third-order valence-corrected chi connectivity index (χ3v) is 3.43. The van der Waals surface area contributed by atoms with Crippen LogP contribution in [0.25, 0.3) is 0 Å². The van der Waals surface area contributed by atoms with Gasteiger partial charge in [0.2, 0.25) is 0 Å². The van der Waals surface area contributed by atoms with Gasteiger partial charge >= 0.3 is 0 Å². The van der Waals surface area contributed by atoms with Crippen LogP contribution in [0.3, 0.4) is 0 Å². The molecule has 1 N–H and O–H groups in total. The molecule has 2 atom stereocenters. The highest BCUT2D eigenvalue weighted by Gasteiger charge is 2.18. The molecular formula is C14H21ClFN. The molecule has 1 nitrogen and oxygen atoms in total. The fourth-order valence-corrected chi connectivity index (χ4v) is 2.32. The first-order chi connectivity index (χ1) is 8.10. The van der Waals surface area contributed by atoms with Crippen LogP contribution in [0.5, 0.6) is 0 Å². The Bertz CT molecular complexity index is 348. The van der Waals surface area contributed by atoms with Gasteiger partial charge in [-0.1, -0.05) is 44.9 Å². The first-order valence-corrected chi connectivity index (χ1v) is 6.66. The van der Waals surface area contributed by atoms with E-state index < -0.39 is 0 Å². The molecular weight excluding hydrogens is 237 g/mol. The summed E-state index contributed by atoms with van der Waals surface area (Å²) in [5, 5.41) is 3.69. The SMILES string of the molecule is CCCC(NCC)C(C)c1ccc(F)c(Cl)c1. The quantitative estimate of drug-likeness (QED) is 0.798. The predicted octanol–water partition coefficient (Wildman–Crippen LogP) is 4.36. The Kier molecular flexibility index (Phi) is 5.93. The number of nitrogens with one attached hydrogen (secondary N) is 1. The largest absolute Gasteiger partial charge is 0.314 e. The molecule has 0 saturated carbocycles. The van der Waals surface area contributed by atoms with Crippen molar-refractivity contribution in [2.75, 3.05) is 6.54 Å². The highest BCUT2D eigenvalue weighted by molar-refractivity contribution is 6.30. The fourth-order valence-electron chi connectivity index (χ4n) is 2.13. The third-order valence-electron chi connectivity index (χ3n) is 3.14. The predicted molar refractivity (Wildman–Crippen MR) is 72.2 cm³/mol. The lowest BCUT2D eigenvalue weighted by molar-refractivity contribution is 0.429. The van der Waals surface area contributed by atoms with Crippen LogP contribution < -0.4 is 5.32 Å². The number of hydrogen-bond donors (Lipinski definition) is 1. The minimum atomic E-state index is -0.349. The molecule has 0 spiro atoms. The van der Waals surface area contributed by atoms with Crippen LogP contribution in [-0.4, -0.2) is 12.6 Å². The number of benzene rings is 1. The van der Waals surface area contributed by atoms with Crippen molar-refractivity contribution in [3.05, 3.63) is 34.6 Å². The topological polar surface area (TPSA) is 12.0 Å². The standard InChI is InChI=1S/C14H21ClFN/c1-4-6-14(17-5-2)10(3)11-7-8-13(16)12(15)9-11/h7-10,14,17H,4-6H2,1-3H3. The van der Waals surface area contributed by atoms with Gasteiger partial charge in [0, 0.05) is 6.04 Å². The van der Waals surface area contributed by atoms with Crippen LogP contribution >= 0.6 is 11.6 Å². The Balaban J connectivity index is 2.84. The normalized spacial score (nSPS) is 14.6. The third kappa shape index (κ3) is 3.97. The number of halogens is 2. The smallest absolute Gasteiger partial charge is 0.141 e. The molecule has 0 heterocycles. The fraction of sp³-hybridized carbons (Fsp3) is 0.571. The van der Waals surface area contributed by atoms with Gasteiger partial charge in [-0.3, -0.25) is 0 Å². The van der Waals surface area contributed by atoms with Gasteiger partial charge in [-0.15, -0.1) is 0 Å². The van der Waals surface area contributed by atoms with E-state index in [1.54, 1.807) is 6.07 Å². The highest BCUT2D eigenvalue weighted by atomic mass is 35.5. The van der Waals surface area contributed by atoms with Crippen LogP contribution in [0.15, 0.2) is 18.2 Å². The molecule has 1 aromatic rings. The molecule has 17 heavy (non-hydrogen) atoms. The van der Waals surface area contributed by atoms with E-state index in [4.69, 9.17) is 11.6 Å². The maximum Gasteiger partial charge on any atom is 0.141 e. The molecule has 0 aliphatic heterocycles. The van der Waals surface area contributed by atoms with E-state index in [1.165, 1.54) is 6.07 Å². The van der Waals surface area contributed by atoms with E-state index in [9.17, 15) is 4.39 Å². The zero-order valence-electron chi connectivity index (χ0n) is 10.8. The van der Waals surface area contributed by atoms with E-state index in [2.05, 4.69) is 26.1 Å². The molecule has 0 radical (unpaired) electrons. The zero-order chi connectivity index (χ0) is 12.8. The lowest BCUT2D eigenvalue weighted by atomic mass is 9.90. The van der Waals surface area contributed by atoms with Crippen LogP contribution in [-0.2, 0) is 0 Å². The van der Waals surface area contributed by atoms with Crippen molar-refractivity contribution in [2.24, 2.45) is 0 Å². The summed E-state index contributed by atoms with van der Waals surface area (Å²) in [5.74, 6) is -0.00823. The van der Waals surface area contributed by atoms with Gasteiger partial charge in [0.25, 0.3) is 0 Å². The van der Waals surface area contributed by atoms with Crippen LogP contribution in [0.1, 0.15) is 45.1 Å². The average molecular weight is 258 g/mol. The van der Waals surface area contributed by atoms with E-state index in [1.807, 2.05) is 6.07 Å². The Morgan fingerprint density at radius 1 is 1.35 bits per heavy atom. The number of hydrogen-bond acceptors (Lipinski definition) is 1. The van der Waals surface area contributed by atoms with Gasteiger partial charge in [-0.25, -0.2) is 4.39 Å². The molecule has 0 fully saturated rings. The molecule has 2 unspecified atom stereocenters. The second kappa shape index (κ2) is 6.97. The molecule has 0 aliphatic rings. The molecule has 0 saturated heterocycles. The lowest BCUT2D eigenvalue weighted by Crippen LogP contribution is -2.33. The van der Waals surface area contributed by atoms with E-state index in [0.29, 0.717) is 12.0 Å². The highest BCUT2D eigenvalue weighted by Crippen LogP contribution is 2.26. The summed E-state index contributed by atoms with van der Waals surface area (Å²) >= 11 is 5.82. The number of rotatable bonds is 6. The summed E-state index contributed by atoms with van der Waals surface area (Å²) < 4.78 is 13.1. The Morgan fingerprint density at radius 2 is 2.06 bits per heavy atom. The van der Waals surface area contributed by atoms with E-state index >= 15 is 0 Å². The molecule has 96 valence electrons. The summed E-state index contributed by atoms with van der Waals surface area (Å²) in [5.41, 5.74) is 1.09. The maximum atomic E-state index is 13.1. The Labute approximate surface area is 108 Å². The molecule has 1 aromatic carbocycles. The number of likely N-dealkylation sites (N-methyl/N-ethyl adjacent to an activating group) is 1. The summed E-state index contributed by atoms with van der Waals surface area (Å²) in [6.45, 7) is 7.39. The summed E-state index contributed by atoms with van der Waals surface area (Å²) in [7, 11) is 0. The van der Waals surface area contributed by atoms with Crippen molar-refractivity contribution in [1.29, 1.82) is 0 Å². The second-order valence-corrected chi connectivity index (χ2v) is 4.82. The molecule has 3 heteroatoms. The molecule has 1 rings (SSSR count). The van der Waals surface area contributed by atoms with Crippen molar-refractivity contribution in [3.63, 3.8) is 0 Å². The molecule has 0 aliphatic carbocycles. The minimum absolute atomic E-state index is 0.209. The second-order valence-electron chi connectivity index (χ2n) is 4.42. The molecule has 0 aromatic heterocycles. The van der Waals surface area contributed by atoms with Gasteiger partial charge < -0.3 is 5.32 Å². The monoisotopic (exact) mass is 257 g/mol. The summed E-state index contributed by atoms with van der Waals surface area (Å²) in [6.07, 6.45) is 2.25. The van der Waals surface area contributed by atoms with E-state index in [0.717, 1.165) is 24.9 Å². The first kappa shape index (κ1) is 14.5. The van der Waals surface area contributed by atoms with Gasteiger partial charge in [0.1, 0.15) is 5.82 Å². The van der Waals surface area contributed by atoms with Gasteiger partial charge in [-0.2, -0.15) is 0 Å². The van der Waals surface area contributed by atoms with Crippen LogP contribution in [0.4, 0.5) is 4.39 Å². The van der Waals surface area contributed by atoms with Crippen molar-refractivity contribution in [3.8, 4) is 0 Å². The minimum Gasteiger partial charge on any atom is -0.314 e. The van der Waals surface area contributed by atoms with Crippen LogP contribution in [0.2, 0.25) is 5.02 Å². The molecule has 0 amide bonds. The van der Waals surface area contributed by atoms with Gasteiger partial charge in [0.15, 0.2) is 0 Å². The molecule has 0 bridgehead atoms. The Hall–Kier alpha value is -0.600. The Morgan fingerprint density at radius 3 is 2.59 bits per heavy atom. The van der Waals surface area contributed by atoms with E-state index in [-0.39, 0.29) is 10.8 Å². The van der Waals surface area contributed by atoms with Crippen molar-refractivity contribution >= 4 is 11.6 Å². The lowest BCUT2D eigenvalue weighted by Gasteiger charge is -2.25. The summed E-state index contributed by atoms with van der Waals surface area (Å²) in [6, 6.07) is 5.43. The van der Waals surface area contributed by atoms with Gasteiger partial charge in [0.05, 0.1) is 5.02 Å². The first-order valence-electron chi connectivity index (χ1n) is 6.28.